The van der Waals surface area contributed by atoms with Gasteiger partial charge in [0.15, 0.2) is 0 Å². The first-order valence-electron chi connectivity index (χ1n) is 14.3. The van der Waals surface area contributed by atoms with Crippen molar-refractivity contribution in [1.82, 2.24) is 9.80 Å². The van der Waals surface area contributed by atoms with E-state index in [-0.39, 0.29) is 11.9 Å². The van der Waals surface area contributed by atoms with Crippen molar-refractivity contribution in [2.45, 2.75) is 83.9 Å². The van der Waals surface area contributed by atoms with Crippen LogP contribution in [0.15, 0.2) is 36.4 Å². The summed E-state index contributed by atoms with van der Waals surface area (Å²) in [7, 11) is 0. The zero-order valence-corrected chi connectivity index (χ0v) is 25.1. The van der Waals surface area contributed by atoms with E-state index in [4.69, 9.17) is 4.74 Å². The van der Waals surface area contributed by atoms with E-state index in [1.807, 2.05) is 75.9 Å². The fourth-order valence-electron chi connectivity index (χ4n) is 6.80. The van der Waals surface area contributed by atoms with Gasteiger partial charge in [-0.3, -0.25) is 19.4 Å². The number of carbonyl (C=O) groups excluding carboxylic acids is 2. The molecule has 9 heteroatoms. The van der Waals surface area contributed by atoms with E-state index in [9.17, 15) is 19.5 Å². The van der Waals surface area contributed by atoms with E-state index < -0.39 is 22.6 Å². The van der Waals surface area contributed by atoms with E-state index in [0.717, 1.165) is 55.6 Å². The molecule has 1 unspecified atom stereocenters. The van der Waals surface area contributed by atoms with Crippen LogP contribution in [0.4, 0.5) is 9.80 Å². The van der Waals surface area contributed by atoms with Crippen molar-refractivity contribution >= 4 is 34.3 Å². The summed E-state index contributed by atoms with van der Waals surface area (Å²) in [6.45, 7) is 12.4. The van der Waals surface area contributed by atoms with Crippen molar-refractivity contribution in [1.29, 1.82) is 0 Å². The normalized spacial score (nSPS) is 23.8. The van der Waals surface area contributed by atoms with Crippen LogP contribution >= 0.6 is 11.3 Å². The molecular weight excluding hydrogens is 526 g/mol. The van der Waals surface area contributed by atoms with Crippen LogP contribution in [0.5, 0.6) is 0 Å². The van der Waals surface area contributed by atoms with E-state index in [1.54, 1.807) is 0 Å². The Hall–Kier alpha value is -2.91. The minimum Gasteiger partial charge on any atom is -0.465 e. The molecule has 0 aliphatic carbocycles. The van der Waals surface area contributed by atoms with Crippen molar-refractivity contribution < 1.29 is 24.2 Å². The summed E-state index contributed by atoms with van der Waals surface area (Å²) in [4.78, 5) is 45.7. The van der Waals surface area contributed by atoms with Crippen LogP contribution in [0.3, 0.4) is 0 Å². The number of benzene rings is 1. The molecule has 5 rings (SSSR count). The van der Waals surface area contributed by atoms with Crippen LogP contribution in [0.2, 0.25) is 0 Å². The molecule has 0 saturated carbocycles. The minimum absolute atomic E-state index is 0.0594. The molecule has 8 nitrogen and oxygen atoms in total. The number of carboxylic acid groups (broad SMARTS) is 1. The summed E-state index contributed by atoms with van der Waals surface area (Å²) in [6, 6.07) is 11.9. The van der Waals surface area contributed by atoms with Crippen LogP contribution in [0.25, 0.3) is 10.4 Å². The second-order valence-electron chi connectivity index (χ2n) is 13.2. The van der Waals surface area contributed by atoms with Crippen molar-refractivity contribution in [3.63, 3.8) is 0 Å². The molecule has 3 saturated heterocycles. The van der Waals surface area contributed by atoms with Crippen LogP contribution < -0.4 is 4.90 Å². The van der Waals surface area contributed by atoms with Crippen molar-refractivity contribution in [2.24, 2.45) is 5.41 Å². The lowest BCUT2D eigenvalue weighted by Crippen LogP contribution is -2.53. The number of esters is 1. The van der Waals surface area contributed by atoms with Gasteiger partial charge in [-0.05, 0) is 78.5 Å². The number of likely N-dealkylation sites (tertiary alicyclic amines) is 2. The van der Waals surface area contributed by atoms with Gasteiger partial charge < -0.3 is 14.7 Å². The first kappa shape index (κ1) is 28.6. The SMILES string of the molecule is CC1(C)CC2(CCCN(C3CCN(C(=O)c4cc(-c5ccccc5)sc4N(C(=O)O)C(C)(C)C)CC3)C2)C(=O)O1. The van der Waals surface area contributed by atoms with Gasteiger partial charge in [-0.2, -0.15) is 0 Å². The number of hydrogen-bond acceptors (Lipinski definition) is 6. The largest absolute Gasteiger partial charge is 0.465 e. The summed E-state index contributed by atoms with van der Waals surface area (Å²) in [6.07, 6.45) is 3.19. The summed E-state index contributed by atoms with van der Waals surface area (Å²) in [5.74, 6) is -0.186. The molecule has 3 fully saturated rings. The second-order valence-corrected chi connectivity index (χ2v) is 14.2. The van der Waals surface area contributed by atoms with Gasteiger partial charge in [0.2, 0.25) is 0 Å². The van der Waals surface area contributed by atoms with Gasteiger partial charge in [-0.25, -0.2) is 4.79 Å². The van der Waals surface area contributed by atoms with Crippen LogP contribution in [0.1, 0.15) is 77.1 Å². The minimum atomic E-state index is -1.07. The molecule has 2 aromatic rings. The molecule has 1 atom stereocenters. The van der Waals surface area contributed by atoms with Crippen molar-refractivity contribution in [3.05, 3.63) is 42.0 Å². The number of carbonyl (C=O) groups is 3. The molecule has 1 spiro atoms. The molecule has 1 N–H and O–H groups in total. The summed E-state index contributed by atoms with van der Waals surface area (Å²) < 4.78 is 5.72. The highest BCUT2D eigenvalue weighted by molar-refractivity contribution is 7.20. The van der Waals surface area contributed by atoms with Crippen LogP contribution in [-0.4, -0.2) is 76.2 Å². The number of thiophene rings is 1. The molecule has 3 aliphatic heterocycles. The number of hydrogen-bond donors (Lipinski definition) is 1. The van der Waals surface area contributed by atoms with Crippen LogP contribution in [0, 0.1) is 5.41 Å². The molecular formula is C31H41N3O5S. The van der Waals surface area contributed by atoms with Gasteiger partial charge in [-0.1, -0.05) is 30.3 Å². The molecule has 40 heavy (non-hydrogen) atoms. The van der Waals surface area contributed by atoms with Gasteiger partial charge in [0.1, 0.15) is 10.6 Å². The van der Waals surface area contributed by atoms with Gasteiger partial charge in [0, 0.05) is 42.5 Å². The average Bonchev–Trinajstić information content (AvgIpc) is 3.40. The van der Waals surface area contributed by atoms with Gasteiger partial charge in [-0.15, -0.1) is 11.3 Å². The number of anilines is 1. The summed E-state index contributed by atoms with van der Waals surface area (Å²) >= 11 is 1.35. The van der Waals surface area contributed by atoms with Crippen LogP contribution in [-0.2, 0) is 9.53 Å². The molecule has 216 valence electrons. The van der Waals surface area contributed by atoms with E-state index >= 15 is 0 Å². The predicted octanol–water partition coefficient (Wildman–Crippen LogP) is 6.11. The van der Waals surface area contributed by atoms with E-state index in [0.29, 0.717) is 29.7 Å². The first-order chi connectivity index (χ1) is 18.8. The Bertz CT molecular complexity index is 1280. The Kier molecular flexibility index (Phi) is 7.50. The number of amides is 2. The zero-order chi connectivity index (χ0) is 28.9. The van der Waals surface area contributed by atoms with Gasteiger partial charge >= 0.3 is 12.1 Å². The zero-order valence-electron chi connectivity index (χ0n) is 24.2. The standard InChI is InChI=1S/C31H41N3O5S/c1-29(2,3)34(28(37)38)26-23(18-24(40-26)21-10-7-6-8-11-21)25(35)32-16-12-22(13-17-32)33-15-9-14-31(20-33)19-30(4,5)39-27(31)36/h6-8,10-11,18,22H,9,12-17,19-20H2,1-5H3,(H,37,38). The fourth-order valence-corrected chi connectivity index (χ4v) is 8.14. The molecule has 0 bridgehead atoms. The number of cyclic esters (lactones) is 1. The summed E-state index contributed by atoms with van der Waals surface area (Å²) in [5, 5.41) is 10.6. The Morgan fingerprint density at radius 3 is 2.35 bits per heavy atom. The maximum absolute atomic E-state index is 14.0. The quantitative estimate of drug-likeness (QED) is 0.449. The highest BCUT2D eigenvalue weighted by Gasteiger charge is 2.54. The monoisotopic (exact) mass is 567 g/mol. The van der Waals surface area contributed by atoms with Crippen molar-refractivity contribution in [2.75, 3.05) is 31.1 Å². The molecule has 0 radical (unpaired) electrons. The maximum Gasteiger partial charge on any atom is 0.412 e. The third-order valence-electron chi connectivity index (χ3n) is 8.51. The first-order valence-corrected chi connectivity index (χ1v) is 15.1. The average molecular weight is 568 g/mol. The van der Waals surface area contributed by atoms with Gasteiger partial charge in [0.25, 0.3) is 5.91 Å². The number of rotatable bonds is 4. The Morgan fingerprint density at radius 2 is 1.77 bits per heavy atom. The molecule has 4 heterocycles. The maximum atomic E-state index is 14.0. The molecule has 2 amide bonds. The Balaban J connectivity index is 1.34. The highest BCUT2D eigenvalue weighted by Crippen LogP contribution is 2.47. The third kappa shape index (κ3) is 5.50. The molecule has 1 aromatic heterocycles. The molecule has 1 aromatic carbocycles. The Morgan fingerprint density at radius 1 is 1.10 bits per heavy atom. The number of nitrogens with zero attached hydrogens (tertiary/aromatic N) is 3. The topological polar surface area (TPSA) is 90.4 Å². The lowest BCUT2D eigenvalue weighted by molar-refractivity contribution is -0.154. The summed E-state index contributed by atoms with van der Waals surface area (Å²) in [5.41, 5.74) is -0.149. The lowest BCUT2D eigenvalue weighted by Gasteiger charge is -2.45. The highest BCUT2D eigenvalue weighted by atomic mass is 32.1. The smallest absolute Gasteiger partial charge is 0.412 e. The van der Waals surface area contributed by atoms with Gasteiger partial charge in [0.05, 0.1) is 11.0 Å². The third-order valence-corrected chi connectivity index (χ3v) is 9.68. The Labute approximate surface area is 240 Å². The molecule has 3 aliphatic rings. The van der Waals surface area contributed by atoms with E-state index in [1.165, 1.54) is 16.2 Å². The predicted molar refractivity (Wildman–Crippen MR) is 157 cm³/mol. The fraction of sp³-hybridized carbons (Fsp3) is 0.581. The second kappa shape index (κ2) is 10.5. The number of ether oxygens (including phenoxy) is 1. The number of piperidine rings is 2. The lowest BCUT2D eigenvalue weighted by atomic mass is 9.74. The van der Waals surface area contributed by atoms with E-state index in [2.05, 4.69) is 4.90 Å². The van der Waals surface area contributed by atoms with Crippen molar-refractivity contribution in [3.8, 4) is 10.4 Å².